The van der Waals surface area contributed by atoms with Crippen molar-refractivity contribution in [3.63, 3.8) is 0 Å². The fraction of sp³-hybridized carbons (Fsp3) is 0.435. The molecular formula is C23H26N2O5S. The number of benzene rings is 1. The van der Waals surface area contributed by atoms with Crippen LogP contribution in [0.1, 0.15) is 41.8 Å². The van der Waals surface area contributed by atoms with Crippen molar-refractivity contribution in [2.75, 3.05) is 25.1 Å². The van der Waals surface area contributed by atoms with Crippen molar-refractivity contribution in [3.8, 4) is 10.4 Å². The van der Waals surface area contributed by atoms with E-state index in [-0.39, 0.29) is 31.0 Å². The molecule has 2 heterocycles. The summed E-state index contributed by atoms with van der Waals surface area (Å²) in [5.74, 6) is -0.588. The van der Waals surface area contributed by atoms with Gasteiger partial charge >= 0.3 is 12.1 Å². The third-order valence-electron chi connectivity index (χ3n) is 6.20. The highest BCUT2D eigenvalue weighted by Crippen LogP contribution is 2.41. The van der Waals surface area contributed by atoms with Crippen LogP contribution in [0.5, 0.6) is 0 Å². The summed E-state index contributed by atoms with van der Waals surface area (Å²) in [4.78, 5) is 41.7. The van der Waals surface area contributed by atoms with Crippen LogP contribution in [-0.2, 0) is 9.53 Å². The molecule has 1 aromatic heterocycles. The van der Waals surface area contributed by atoms with Gasteiger partial charge in [-0.15, -0.1) is 11.3 Å². The Morgan fingerprint density at radius 1 is 1.13 bits per heavy atom. The van der Waals surface area contributed by atoms with Crippen LogP contribution >= 0.6 is 11.3 Å². The van der Waals surface area contributed by atoms with E-state index in [0.717, 1.165) is 42.5 Å². The number of carbonyl (C=O) groups is 3. The molecule has 0 unspecified atom stereocenters. The monoisotopic (exact) mass is 442 g/mol. The van der Waals surface area contributed by atoms with E-state index in [1.165, 1.54) is 23.3 Å². The molecule has 1 N–H and O–H groups in total. The summed E-state index contributed by atoms with van der Waals surface area (Å²) in [7, 11) is 1.33. The molecule has 1 aliphatic carbocycles. The summed E-state index contributed by atoms with van der Waals surface area (Å²) in [6, 6.07) is 11.3. The summed E-state index contributed by atoms with van der Waals surface area (Å²) >= 11 is 1.30. The third kappa shape index (κ3) is 4.30. The molecule has 7 nitrogen and oxygen atoms in total. The summed E-state index contributed by atoms with van der Waals surface area (Å²) in [6.45, 7) is 0.0402. The SMILES string of the molecule is COC(=O)c1sc(-c2ccccc2)cc1N1C(=O)CN(C(=O)O)C[C@H]1C1CCCCC1. The molecule has 2 fully saturated rings. The smallest absolute Gasteiger partial charge is 0.407 e. The van der Waals surface area contributed by atoms with Gasteiger partial charge in [0.05, 0.1) is 18.8 Å². The molecule has 8 heteroatoms. The summed E-state index contributed by atoms with van der Waals surface area (Å²) in [6.07, 6.45) is 4.11. The van der Waals surface area contributed by atoms with Crippen LogP contribution < -0.4 is 4.90 Å². The van der Waals surface area contributed by atoms with Crippen molar-refractivity contribution in [3.05, 3.63) is 41.3 Å². The third-order valence-corrected chi connectivity index (χ3v) is 7.35. The lowest BCUT2D eigenvalue weighted by atomic mass is 9.82. The van der Waals surface area contributed by atoms with Gasteiger partial charge in [0, 0.05) is 11.4 Å². The molecule has 2 amide bonds. The number of hydrogen-bond donors (Lipinski definition) is 1. The van der Waals surface area contributed by atoms with Crippen LogP contribution in [-0.4, -0.2) is 54.2 Å². The number of carboxylic acid groups (broad SMARTS) is 1. The molecular weight excluding hydrogens is 416 g/mol. The van der Waals surface area contributed by atoms with Gasteiger partial charge in [-0.25, -0.2) is 9.59 Å². The van der Waals surface area contributed by atoms with Crippen LogP contribution in [0.4, 0.5) is 10.5 Å². The van der Waals surface area contributed by atoms with E-state index < -0.39 is 12.1 Å². The van der Waals surface area contributed by atoms with Crippen molar-refractivity contribution in [2.45, 2.75) is 38.1 Å². The molecule has 0 spiro atoms. The number of nitrogens with zero attached hydrogens (tertiary/aromatic N) is 2. The Morgan fingerprint density at radius 3 is 2.48 bits per heavy atom. The van der Waals surface area contributed by atoms with E-state index in [9.17, 15) is 19.5 Å². The maximum atomic E-state index is 13.2. The number of anilines is 1. The molecule has 4 rings (SSSR count). The lowest BCUT2D eigenvalue weighted by Crippen LogP contribution is -2.60. The van der Waals surface area contributed by atoms with Gasteiger partial charge in [0.25, 0.3) is 0 Å². The van der Waals surface area contributed by atoms with E-state index in [0.29, 0.717) is 10.6 Å². The van der Waals surface area contributed by atoms with Crippen molar-refractivity contribution in [1.29, 1.82) is 0 Å². The number of carbonyl (C=O) groups excluding carboxylic acids is 2. The van der Waals surface area contributed by atoms with Crippen molar-refractivity contribution < 1.29 is 24.2 Å². The van der Waals surface area contributed by atoms with Gasteiger partial charge in [-0.1, -0.05) is 49.6 Å². The fourth-order valence-electron chi connectivity index (χ4n) is 4.68. The Morgan fingerprint density at radius 2 is 1.84 bits per heavy atom. The maximum Gasteiger partial charge on any atom is 0.407 e. The zero-order valence-corrected chi connectivity index (χ0v) is 18.3. The Bertz CT molecular complexity index is 968. The van der Waals surface area contributed by atoms with E-state index >= 15 is 0 Å². The molecule has 0 radical (unpaired) electrons. The van der Waals surface area contributed by atoms with Gasteiger partial charge in [-0.05, 0) is 30.4 Å². The highest BCUT2D eigenvalue weighted by atomic mass is 32.1. The highest BCUT2D eigenvalue weighted by Gasteiger charge is 2.42. The second-order valence-electron chi connectivity index (χ2n) is 8.07. The van der Waals surface area contributed by atoms with Gasteiger partial charge in [0.15, 0.2) is 0 Å². The molecule has 2 aromatic rings. The largest absolute Gasteiger partial charge is 0.465 e. The first-order valence-corrected chi connectivity index (χ1v) is 11.4. The number of thiophene rings is 1. The second-order valence-corrected chi connectivity index (χ2v) is 9.13. The molecule has 0 bridgehead atoms. The van der Waals surface area contributed by atoms with Crippen LogP contribution in [0.25, 0.3) is 10.4 Å². The second kappa shape index (κ2) is 9.09. The van der Waals surface area contributed by atoms with Crippen LogP contribution in [0.15, 0.2) is 36.4 Å². The molecule has 1 atom stereocenters. The average Bonchev–Trinajstić information content (AvgIpc) is 3.24. The van der Waals surface area contributed by atoms with Crippen molar-refractivity contribution >= 4 is 35.0 Å². The molecule has 1 aromatic carbocycles. The quantitative estimate of drug-likeness (QED) is 0.706. The average molecular weight is 443 g/mol. The van der Waals surface area contributed by atoms with E-state index in [4.69, 9.17) is 4.74 Å². The lowest BCUT2D eigenvalue weighted by Gasteiger charge is -2.44. The minimum absolute atomic E-state index is 0.199. The van der Waals surface area contributed by atoms with Gasteiger partial charge in [0.2, 0.25) is 5.91 Å². The standard InChI is InChI=1S/C23H26N2O5S/c1-30-22(27)21-17(12-19(31-21)16-10-6-3-7-11-16)25-18(15-8-4-2-5-9-15)13-24(23(28)29)14-20(25)26/h3,6-7,10-12,15,18H,2,4-5,8-9,13-14H2,1H3,(H,28,29)/t18-/m0/s1. The Labute approximate surface area is 185 Å². The maximum absolute atomic E-state index is 13.2. The van der Waals surface area contributed by atoms with Crippen LogP contribution in [0.3, 0.4) is 0 Å². The van der Waals surface area contributed by atoms with Gasteiger partial charge in [-0.2, -0.15) is 0 Å². The topological polar surface area (TPSA) is 87.2 Å². The minimum Gasteiger partial charge on any atom is -0.465 e. The first-order valence-electron chi connectivity index (χ1n) is 10.6. The zero-order valence-electron chi connectivity index (χ0n) is 17.5. The number of methoxy groups -OCH3 is 1. The molecule has 164 valence electrons. The van der Waals surface area contributed by atoms with E-state index in [2.05, 4.69) is 0 Å². The first kappa shape index (κ1) is 21.4. The number of esters is 1. The van der Waals surface area contributed by atoms with Gasteiger partial charge in [0.1, 0.15) is 11.4 Å². The highest BCUT2D eigenvalue weighted by molar-refractivity contribution is 7.18. The van der Waals surface area contributed by atoms with Crippen molar-refractivity contribution in [1.82, 2.24) is 4.90 Å². The zero-order chi connectivity index (χ0) is 22.0. The predicted molar refractivity (Wildman–Crippen MR) is 119 cm³/mol. The normalized spacial score (nSPS) is 20.0. The number of ether oxygens (including phenoxy) is 1. The van der Waals surface area contributed by atoms with Crippen LogP contribution in [0.2, 0.25) is 0 Å². The number of rotatable bonds is 4. The van der Waals surface area contributed by atoms with Gasteiger partial charge in [-0.3, -0.25) is 9.69 Å². The molecule has 2 aliphatic rings. The van der Waals surface area contributed by atoms with E-state index in [1.54, 1.807) is 4.90 Å². The summed E-state index contributed by atoms with van der Waals surface area (Å²) < 4.78 is 5.02. The number of piperazine rings is 1. The Kier molecular flexibility index (Phi) is 6.27. The Balaban J connectivity index is 1.78. The molecule has 1 saturated heterocycles. The molecule has 1 saturated carbocycles. The minimum atomic E-state index is -1.09. The lowest BCUT2D eigenvalue weighted by molar-refractivity contribution is -0.122. The number of hydrogen-bond acceptors (Lipinski definition) is 5. The van der Waals surface area contributed by atoms with Gasteiger partial charge < -0.3 is 14.7 Å². The van der Waals surface area contributed by atoms with Crippen molar-refractivity contribution in [2.24, 2.45) is 5.92 Å². The molecule has 31 heavy (non-hydrogen) atoms. The van der Waals surface area contributed by atoms with Crippen LogP contribution in [0, 0.1) is 5.92 Å². The molecule has 1 aliphatic heterocycles. The van der Waals surface area contributed by atoms with E-state index in [1.807, 2.05) is 36.4 Å². The first-order chi connectivity index (χ1) is 15.0. The summed E-state index contributed by atoms with van der Waals surface area (Å²) in [5, 5.41) is 9.55. The predicted octanol–water partition coefficient (Wildman–Crippen LogP) is 4.48. The summed E-state index contributed by atoms with van der Waals surface area (Å²) in [5.41, 5.74) is 1.48. The Hall–Kier alpha value is -2.87. The number of amides is 2. The fourth-order valence-corrected chi connectivity index (χ4v) is 5.75.